The topological polar surface area (TPSA) is 50.8 Å². The predicted octanol–water partition coefficient (Wildman–Crippen LogP) is 2.44. The first kappa shape index (κ1) is 12.0. The third-order valence-corrected chi connectivity index (χ3v) is 2.25. The van der Waals surface area contributed by atoms with Crippen molar-refractivity contribution in [2.45, 2.75) is 13.3 Å². The fourth-order valence-corrected chi connectivity index (χ4v) is 1.48. The maximum atomic E-state index is 13.2. The van der Waals surface area contributed by atoms with E-state index in [9.17, 15) is 4.39 Å². The van der Waals surface area contributed by atoms with E-state index in [2.05, 4.69) is 0 Å². The second-order valence-corrected chi connectivity index (χ2v) is 3.30. The second-order valence-electron chi connectivity index (χ2n) is 3.30. The molecule has 0 radical (unpaired) electrons. The molecule has 0 amide bonds. The van der Waals surface area contributed by atoms with Crippen molar-refractivity contribution in [2.75, 3.05) is 18.0 Å². The summed E-state index contributed by atoms with van der Waals surface area (Å²) >= 11 is 0. The van der Waals surface area contributed by atoms with Gasteiger partial charge in [-0.05, 0) is 25.1 Å². The molecule has 0 aliphatic heterocycles. The van der Waals surface area contributed by atoms with Gasteiger partial charge in [-0.25, -0.2) is 4.39 Å². The van der Waals surface area contributed by atoms with Crippen molar-refractivity contribution in [1.29, 1.82) is 10.5 Å². The lowest BCUT2D eigenvalue weighted by Crippen LogP contribution is -2.23. The van der Waals surface area contributed by atoms with Gasteiger partial charge in [0.1, 0.15) is 5.82 Å². The first-order chi connectivity index (χ1) is 7.71. The molecular weight excluding hydrogens is 205 g/mol. The third-order valence-electron chi connectivity index (χ3n) is 2.25. The van der Waals surface area contributed by atoms with Crippen LogP contribution in [0.4, 0.5) is 10.1 Å². The number of nitrogens with zero attached hydrogens (tertiary/aromatic N) is 3. The summed E-state index contributed by atoms with van der Waals surface area (Å²) in [5.74, 6) is -0.426. The Morgan fingerprint density at radius 3 is 2.62 bits per heavy atom. The second kappa shape index (κ2) is 5.72. The number of anilines is 1. The molecule has 0 atom stereocenters. The molecule has 16 heavy (non-hydrogen) atoms. The van der Waals surface area contributed by atoms with Gasteiger partial charge in [-0.1, -0.05) is 0 Å². The van der Waals surface area contributed by atoms with Gasteiger partial charge in [0.15, 0.2) is 0 Å². The molecule has 0 aliphatic carbocycles. The van der Waals surface area contributed by atoms with E-state index in [1.165, 1.54) is 12.1 Å². The van der Waals surface area contributed by atoms with E-state index in [1.807, 2.05) is 24.0 Å². The van der Waals surface area contributed by atoms with E-state index in [0.717, 1.165) is 0 Å². The smallest absolute Gasteiger partial charge is 0.126 e. The highest BCUT2D eigenvalue weighted by molar-refractivity contribution is 5.51. The van der Waals surface area contributed by atoms with Crippen molar-refractivity contribution >= 4 is 5.69 Å². The highest BCUT2D eigenvalue weighted by atomic mass is 19.1. The normalized spacial score (nSPS) is 9.25. The SMILES string of the molecule is CCN(CCC#N)c1cc(F)cc(C#N)c1. The summed E-state index contributed by atoms with van der Waals surface area (Å²) in [5, 5.41) is 17.2. The molecule has 0 aliphatic rings. The number of hydrogen-bond donors (Lipinski definition) is 0. The summed E-state index contributed by atoms with van der Waals surface area (Å²) < 4.78 is 13.2. The van der Waals surface area contributed by atoms with Crippen LogP contribution < -0.4 is 4.90 Å². The Hall–Kier alpha value is -2.07. The molecule has 0 aromatic heterocycles. The first-order valence-electron chi connectivity index (χ1n) is 5.03. The Kier molecular flexibility index (Phi) is 4.29. The fraction of sp³-hybridized carbons (Fsp3) is 0.333. The van der Waals surface area contributed by atoms with Crippen molar-refractivity contribution in [3.63, 3.8) is 0 Å². The van der Waals surface area contributed by atoms with Gasteiger partial charge in [0.2, 0.25) is 0 Å². The summed E-state index contributed by atoms with van der Waals surface area (Å²) in [6, 6.07) is 8.16. The molecule has 4 heteroatoms. The van der Waals surface area contributed by atoms with Crippen LogP contribution in [0.2, 0.25) is 0 Å². The summed E-state index contributed by atoms with van der Waals surface area (Å²) in [4.78, 5) is 1.87. The van der Waals surface area contributed by atoms with E-state index >= 15 is 0 Å². The van der Waals surface area contributed by atoms with Gasteiger partial charge < -0.3 is 4.90 Å². The lowest BCUT2D eigenvalue weighted by molar-refractivity contribution is 0.626. The maximum Gasteiger partial charge on any atom is 0.126 e. The fourth-order valence-electron chi connectivity index (χ4n) is 1.48. The molecule has 0 heterocycles. The van der Waals surface area contributed by atoms with Gasteiger partial charge in [-0.3, -0.25) is 0 Å². The van der Waals surface area contributed by atoms with Gasteiger partial charge >= 0.3 is 0 Å². The summed E-state index contributed by atoms with van der Waals surface area (Å²) in [5.41, 5.74) is 0.944. The van der Waals surface area contributed by atoms with Crippen LogP contribution in [0, 0.1) is 28.5 Å². The molecule has 1 aromatic carbocycles. The molecular formula is C12H12FN3. The van der Waals surface area contributed by atoms with Crippen LogP contribution in [-0.2, 0) is 0 Å². The van der Waals surface area contributed by atoms with Crippen LogP contribution in [0.3, 0.4) is 0 Å². The largest absolute Gasteiger partial charge is 0.371 e. The number of rotatable bonds is 4. The summed E-state index contributed by atoms with van der Waals surface area (Å²) in [7, 11) is 0. The van der Waals surface area contributed by atoms with E-state index in [1.54, 1.807) is 6.07 Å². The van der Waals surface area contributed by atoms with Crippen molar-refractivity contribution in [3.8, 4) is 12.1 Å². The Morgan fingerprint density at radius 2 is 2.06 bits per heavy atom. The average molecular weight is 217 g/mol. The van der Waals surface area contributed by atoms with Crippen LogP contribution in [0.25, 0.3) is 0 Å². The van der Waals surface area contributed by atoms with Crippen LogP contribution in [0.1, 0.15) is 18.9 Å². The van der Waals surface area contributed by atoms with Gasteiger partial charge in [0.25, 0.3) is 0 Å². The lowest BCUT2D eigenvalue weighted by Gasteiger charge is -2.21. The molecule has 82 valence electrons. The number of benzene rings is 1. The van der Waals surface area contributed by atoms with Crippen LogP contribution in [0.15, 0.2) is 18.2 Å². The number of nitriles is 2. The molecule has 3 nitrogen and oxygen atoms in total. The number of halogens is 1. The molecule has 0 saturated carbocycles. The Balaban J connectivity index is 2.97. The van der Waals surface area contributed by atoms with Crippen molar-refractivity contribution in [3.05, 3.63) is 29.6 Å². The van der Waals surface area contributed by atoms with Gasteiger partial charge in [0, 0.05) is 18.8 Å². The quantitative estimate of drug-likeness (QED) is 0.778. The van der Waals surface area contributed by atoms with E-state index in [4.69, 9.17) is 10.5 Å². The van der Waals surface area contributed by atoms with Crippen LogP contribution >= 0.6 is 0 Å². The van der Waals surface area contributed by atoms with Crippen LogP contribution in [-0.4, -0.2) is 13.1 Å². The molecule has 1 aromatic rings. The van der Waals surface area contributed by atoms with Crippen molar-refractivity contribution in [2.24, 2.45) is 0 Å². The molecule has 0 bridgehead atoms. The molecule has 0 saturated heterocycles. The Bertz CT molecular complexity index is 443. The van der Waals surface area contributed by atoms with Crippen molar-refractivity contribution < 1.29 is 4.39 Å². The molecule has 0 spiro atoms. The minimum Gasteiger partial charge on any atom is -0.371 e. The molecule has 0 unspecified atom stereocenters. The Morgan fingerprint density at radius 1 is 1.31 bits per heavy atom. The highest BCUT2D eigenvalue weighted by Crippen LogP contribution is 2.18. The van der Waals surface area contributed by atoms with Gasteiger partial charge in [0.05, 0.1) is 24.1 Å². The summed E-state index contributed by atoms with van der Waals surface area (Å²) in [6.07, 6.45) is 0.381. The Labute approximate surface area is 94.3 Å². The van der Waals surface area contributed by atoms with Gasteiger partial charge in [-0.15, -0.1) is 0 Å². The third kappa shape index (κ3) is 2.96. The number of hydrogen-bond acceptors (Lipinski definition) is 3. The monoisotopic (exact) mass is 217 g/mol. The van der Waals surface area contributed by atoms with E-state index < -0.39 is 5.82 Å². The van der Waals surface area contributed by atoms with E-state index in [-0.39, 0.29) is 0 Å². The first-order valence-corrected chi connectivity index (χ1v) is 5.03. The zero-order valence-electron chi connectivity index (χ0n) is 9.07. The zero-order valence-corrected chi connectivity index (χ0v) is 9.07. The standard InChI is InChI=1S/C12H12FN3/c1-2-16(5-3-4-14)12-7-10(9-15)6-11(13)8-12/h6-8H,2-3,5H2,1H3. The molecule has 1 rings (SSSR count). The minimum atomic E-state index is -0.426. The zero-order chi connectivity index (χ0) is 12.0. The maximum absolute atomic E-state index is 13.2. The van der Waals surface area contributed by atoms with E-state index in [0.29, 0.717) is 30.8 Å². The highest BCUT2D eigenvalue weighted by Gasteiger charge is 2.07. The minimum absolute atomic E-state index is 0.297. The van der Waals surface area contributed by atoms with Gasteiger partial charge in [-0.2, -0.15) is 10.5 Å². The predicted molar refractivity (Wildman–Crippen MR) is 59.2 cm³/mol. The van der Waals surface area contributed by atoms with Crippen LogP contribution in [0.5, 0.6) is 0 Å². The molecule has 0 fully saturated rings. The average Bonchev–Trinajstić information content (AvgIpc) is 2.29. The lowest BCUT2D eigenvalue weighted by atomic mass is 10.2. The summed E-state index contributed by atoms with van der Waals surface area (Å²) in [6.45, 7) is 3.14. The van der Waals surface area contributed by atoms with Crippen molar-refractivity contribution in [1.82, 2.24) is 0 Å². The molecule has 0 N–H and O–H groups in total.